The quantitative estimate of drug-likeness (QED) is 0.0405. The first kappa shape index (κ1) is 53.2. The largest absolute Gasteiger partial charge is 0.465 e. The molecule has 2 saturated carbocycles. The molecule has 0 amide bonds. The number of rotatable bonds is 33. The molecule has 3 aliphatic carbocycles. The second-order valence-corrected chi connectivity index (χ2v) is 20.7. The summed E-state index contributed by atoms with van der Waals surface area (Å²) < 4.78 is 12.0. The van der Waals surface area contributed by atoms with E-state index >= 15 is 0 Å². The molecule has 0 aromatic heterocycles. The van der Waals surface area contributed by atoms with Crippen molar-refractivity contribution in [2.45, 2.75) is 253 Å². The van der Waals surface area contributed by atoms with E-state index in [9.17, 15) is 14.7 Å². The van der Waals surface area contributed by atoms with Crippen LogP contribution in [-0.4, -0.2) is 36.4 Å². The molecule has 0 heterocycles. The van der Waals surface area contributed by atoms with E-state index < -0.39 is 11.5 Å². The zero-order chi connectivity index (χ0) is 44.1. The number of ether oxygens (including phenoxy) is 2. The number of unbranched alkanes of at least 4 members (excludes halogenated alkanes) is 19. The maximum Gasteiger partial charge on any atom is 0.306 e. The van der Waals surface area contributed by atoms with Crippen molar-refractivity contribution in [1.82, 2.24) is 0 Å². The molecule has 3 aliphatic rings. The number of allylic oxidation sites excluding steroid dienone is 7. The van der Waals surface area contributed by atoms with E-state index in [0.29, 0.717) is 25.2 Å². The van der Waals surface area contributed by atoms with Crippen molar-refractivity contribution >= 4 is 11.9 Å². The van der Waals surface area contributed by atoms with Crippen LogP contribution in [0.4, 0.5) is 0 Å². The standard InChI is InChI=1S/C56H96O5/c1-6-8-10-12-14-16-18-20-22-24-26-28-30-32-34-37-52(58)60-46-48-39-40-50-55(5)43-36-42-54(3,4)49(55)41-44-56(50,51(57)45-48)47-61-53(59)38-35-33-31-29-27-25-23-21-19-17-15-13-11-9-7-2/h15,17,20-23,39,49-51,57H,6-14,16,18-19,24-38,40-47H2,1-5H3/b17-15-,22-20-,23-21-. The third-order valence-corrected chi connectivity index (χ3v) is 15.3. The van der Waals surface area contributed by atoms with Crippen molar-refractivity contribution in [3.63, 3.8) is 0 Å². The molecule has 0 aromatic carbocycles. The third kappa shape index (κ3) is 19.6. The van der Waals surface area contributed by atoms with Crippen molar-refractivity contribution in [2.24, 2.45) is 28.1 Å². The number of carbonyl (C=O) groups excluding carboxylic acids is 2. The molecule has 1 N–H and O–H groups in total. The predicted molar refractivity (Wildman–Crippen MR) is 258 cm³/mol. The molecule has 3 rings (SSSR count). The Morgan fingerprint density at radius 3 is 1.70 bits per heavy atom. The summed E-state index contributed by atoms with van der Waals surface area (Å²) in [6.45, 7) is 12.4. The van der Waals surface area contributed by atoms with E-state index in [1.54, 1.807) is 0 Å². The van der Waals surface area contributed by atoms with E-state index in [1.165, 1.54) is 109 Å². The topological polar surface area (TPSA) is 72.8 Å². The highest BCUT2D eigenvalue weighted by molar-refractivity contribution is 5.69. The second-order valence-electron chi connectivity index (χ2n) is 20.7. The van der Waals surface area contributed by atoms with Gasteiger partial charge in [-0.25, -0.2) is 0 Å². The Labute approximate surface area is 376 Å². The van der Waals surface area contributed by atoms with Crippen molar-refractivity contribution in [3.05, 3.63) is 48.1 Å². The lowest BCUT2D eigenvalue weighted by atomic mass is 9.42. The maximum atomic E-state index is 13.2. The van der Waals surface area contributed by atoms with Gasteiger partial charge in [0.25, 0.3) is 0 Å². The summed E-state index contributed by atoms with van der Waals surface area (Å²) in [5.41, 5.74) is 0.838. The lowest BCUT2D eigenvalue weighted by Gasteiger charge is -2.63. The van der Waals surface area contributed by atoms with Crippen LogP contribution in [0.3, 0.4) is 0 Å². The average Bonchev–Trinajstić information content (AvgIpc) is 3.38. The fourth-order valence-corrected chi connectivity index (χ4v) is 11.6. The Morgan fingerprint density at radius 2 is 1.11 bits per heavy atom. The normalized spacial score (nSPS) is 25.1. The van der Waals surface area contributed by atoms with Crippen molar-refractivity contribution < 1.29 is 24.2 Å². The number of carbonyl (C=O) groups is 2. The molecule has 5 nitrogen and oxygen atoms in total. The smallest absolute Gasteiger partial charge is 0.306 e. The van der Waals surface area contributed by atoms with Gasteiger partial charge in [-0.1, -0.05) is 167 Å². The highest BCUT2D eigenvalue weighted by Gasteiger charge is 2.62. The monoisotopic (exact) mass is 849 g/mol. The van der Waals surface area contributed by atoms with Crippen molar-refractivity contribution in [3.8, 4) is 0 Å². The molecule has 5 atom stereocenters. The minimum atomic E-state index is -0.637. The van der Waals surface area contributed by atoms with E-state index in [0.717, 1.165) is 89.0 Å². The van der Waals surface area contributed by atoms with Gasteiger partial charge in [-0.2, -0.15) is 0 Å². The zero-order valence-electron chi connectivity index (χ0n) is 40.6. The van der Waals surface area contributed by atoms with E-state index in [4.69, 9.17) is 9.47 Å². The van der Waals surface area contributed by atoms with Crippen LogP contribution in [0.2, 0.25) is 0 Å². The van der Waals surface area contributed by atoms with E-state index in [1.807, 2.05) is 0 Å². The van der Waals surface area contributed by atoms with Gasteiger partial charge < -0.3 is 14.6 Å². The average molecular weight is 849 g/mol. The SMILES string of the molecule is CCCCC/C=C\C/C=C\CCCCCCCC(=O)OCC12CCC3C(C)(C)CCCC3(C)C1CC=C(COC(=O)CCCCCCC/C=C\CCCCCCCC)CC2O. The van der Waals surface area contributed by atoms with Gasteiger partial charge in [-0.15, -0.1) is 0 Å². The summed E-state index contributed by atoms with van der Waals surface area (Å²) >= 11 is 0. The highest BCUT2D eigenvalue weighted by Crippen LogP contribution is 2.66. The Balaban J connectivity index is 1.40. The molecule has 0 aliphatic heterocycles. The van der Waals surface area contributed by atoms with Gasteiger partial charge in [0, 0.05) is 18.3 Å². The summed E-state index contributed by atoms with van der Waals surface area (Å²) in [6, 6.07) is 0. The van der Waals surface area contributed by atoms with Gasteiger partial charge in [0.2, 0.25) is 0 Å². The lowest BCUT2D eigenvalue weighted by molar-refractivity contribution is -0.193. The summed E-state index contributed by atoms with van der Waals surface area (Å²) in [6.07, 6.45) is 52.1. The van der Waals surface area contributed by atoms with Crippen LogP contribution in [-0.2, 0) is 19.1 Å². The Kier molecular flexibility index (Phi) is 26.9. The molecule has 0 spiro atoms. The number of hydrogen-bond acceptors (Lipinski definition) is 5. The molecule has 0 bridgehead atoms. The minimum absolute atomic E-state index is 0.0555. The molecule has 350 valence electrons. The first-order valence-electron chi connectivity index (χ1n) is 26.2. The number of esters is 2. The molecule has 5 heteroatoms. The molecule has 0 radical (unpaired) electrons. The molecule has 0 saturated heterocycles. The summed E-state index contributed by atoms with van der Waals surface area (Å²) in [7, 11) is 0. The van der Waals surface area contributed by atoms with Crippen LogP contribution in [0.15, 0.2) is 48.1 Å². The molecule has 2 fully saturated rings. The highest BCUT2D eigenvalue weighted by atomic mass is 16.5. The van der Waals surface area contributed by atoms with Gasteiger partial charge in [0.05, 0.1) is 12.7 Å². The van der Waals surface area contributed by atoms with Gasteiger partial charge in [-0.05, 0) is 137 Å². The molecular formula is C56H96O5. The fraction of sp³-hybridized carbons (Fsp3) is 0.821. The fourth-order valence-electron chi connectivity index (χ4n) is 11.6. The van der Waals surface area contributed by atoms with Crippen LogP contribution < -0.4 is 0 Å². The number of hydrogen-bond donors (Lipinski definition) is 1. The van der Waals surface area contributed by atoms with Crippen LogP contribution in [0.25, 0.3) is 0 Å². The van der Waals surface area contributed by atoms with Crippen LogP contribution in [0, 0.1) is 28.1 Å². The summed E-state index contributed by atoms with van der Waals surface area (Å²) in [4.78, 5) is 26.1. The molecule has 61 heavy (non-hydrogen) atoms. The van der Waals surface area contributed by atoms with Crippen molar-refractivity contribution in [1.29, 1.82) is 0 Å². The summed E-state index contributed by atoms with van der Waals surface area (Å²) in [5.74, 6) is 0.527. The molecular weight excluding hydrogens is 753 g/mol. The van der Waals surface area contributed by atoms with Crippen LogP contribution in [0.1, 0.15) is 247 Å². The second kappa shape index (κ2) is 30.9. The van der Waals surface area contributed by atoms with Gasteiger partial charge in [0.15, 0.2) is 0 Å². The first-order valence-corrected chi connectivity index (χ1v) is 26.2. The van der Waals surface area contributed by atoms with Gasteiger partial charge in [-0.3, -0.25) is 9.59 Å². The Hall–Kier alpha value is -2.14. The molecule has 0 aromatic rings. The third-order valence-electron chi connectivity index (χ3n) is 15.3. The Bertz CT molecular complexity index is 1310. The van der Waals surface area contributed by atoms with Gasteiger partial charge >= 0.3 is 11.9 Å². The predicted octanol–water partition coefficient (Wildman–Crippen LogP) is 16.2. The lowest BCUT2D eigenvalue weighted by Crippen LogP contribution is -2.60. The van der Waals surface area contributed by atoms with E-state index in [-0.39, 0.29) is 41.9 Å². The van der Waals surface area contributed by atoms with Crippen molar-refractivity contribution in [2.75, 3.05) is 13.2 Å². The van der Waals surface area contributed by atoms with Crippen LogP contribution >= 0.6 is 0 Å². The summed E-state index contributed by atoms with van der Waals surface area (Å²) in [5, 5.41) is 12.2. The van der Waals surface area contributed by atoms with Crippen LogP contribution in [0.5, 0.6) is 0 Å². The Morgan fingerprint density at radius 1 is 0.623 bits per heavy atom. The van der Waals surface area contributed by atoms with E-state index in [2.05, 4.69) is 77.2 Å². The maximum absolute atomic E-state index is 13.2. The number of aliphatic hydroxyl groups excluding tert-OH is 1. The zero-order valence-corrected chi connectivity index (χ0v) is 40.6. The number of fused-ring (bicyclic) bond motifs is 3. The molecule has 5 unspecified atom stereocenters. The first-order chi connectivity index (χ1) is 29.6. The number of aliphatic hydroxyl groups is 1. The van der Waals surface area contributed by atoms with Gasteiger partial charge in [0.1, 0.15) is 6.61 Å². The minimum Gasteiger partial charge on any atom is -0.465 e.